The summed E-state index contributed by atoms with van der Waals surface area (Å²) in [5, 5.41) is 3.62. The van der Waals surface area contributed by atoms with Crippen LogP contribution in [0, 0.1) is 5.92 Å². The van der Waals surface area contributed by atoms with E-state index in [-0.39, 0.29) is 0 Å². The molecule has 0 aromatic heterocycles. The zero-order chi connectivity index (χ0) is 11.8. The van der Waals surface area contributed by atoms with Crippen LogP contribution in [-0.4, -0.2) is 25.3 Å². The molecule has 2 heteroatoms. The molecule has 1 aliphatic rings. The van der Waals surface area contributed by atoms with Gasteiger partial charge in [0.05, 0.1) is 6.10 Å². The molecule has 1 N–H and O–H groups in total. The first-order valence-corrected chi connectivity index (χ1v) is 7.11. The van der Waals surface area contributed by atoms with Crippen molar-refractivity contribution in [3.8, 4) is 0 Å². The van der Waals surface area contributed by atoms with Crippen LogP contribution in [0.5, 0.6) is 0 Å². The van der Waals surface area contributed by atoms with E-state index in [1.54, 1.807) is 0 Å². The molecule has 96 valence electrons. The SMILES string of the molecule is CCNC(CC(C)CC)CC1CCCCO1. The van der Waals surface area contributed by atoms with Crippen LogP contribution in [0.1, 0.15) is 59.3 Å². The fourth-order valence-corrected chi connectivity index (χ4v) is 2.51. The van der Waals surface area contributed by atoms with E-state index in [0.717, 1.165) is 19.1 Å². The number of nitrogens with one attached hydrogen (secondary N) is 1. The maximum atomic E-state index is 5.83. The van der Waals surface area contributed by atoms with E-state index < -0.39 is 0 Å². The second kappa shape index (κ2) is 8.08. The molecule has 0 saturated carbocycles. The van der Waals surface area contributed by atoms with Gasteiger partial charge in [-0.2, -0.15) is 0 Å². The molecule has 3 unspecified atom stereocenters. The molecule has 3 atom stereocenters. The highest BCUT2D eigenvalue weighted by molar-refractivity contribution is 4.75. The molecule has 1 fully saturated rings. The Labute approximate surface area is 101 Å². The largest absolute Gasteiger partial charge is 0.378 e. The summed E-state index contributed by atoms with van der Waals surface area (Å²) in [7, 11) is 0. The Morgan fingerprint density at radius 3 is 2.69 bits per heavy atom. The van der Waals surface area contributed by atoms with Crippen molar-refractivity contribution in [3.05, 3.63) is 0 Å². The van der Waals surface area contributed by atoms with Gasteiger partial charge < -0.3 is 10.1 Å². The molecule has 1 heterocycles. The van der Waals surface area contributed by atoms with E-state index in [0.29, 0.717) is 12.1 Å². The summed E-state index contributed by atoms with van der Waals surface area (Å²) in [6.07, 6.45) is 8.18. The third-order valence-corrected chi connectivity index (χ3v) is 3.70. The van der Waals surface area contributed by atoms with Gasteiger partial charge in [-0.05, 0) is 44.6 Å². The molecule has 0 aromatic carbocycles. The Morgan fingerprint density at radius 1 is 1.31 bits per heavy atom. The van der Waals surface area contributed by atoms with E-state index >= 15 is 0 Å². The normalized spacial score (nSPS) is 25.3. The van der Waals surface area contributed by atoms with Gasteiger partial charge in [-0.1, -0.05) is 27.2 Å². The fraction of sp³-hybridized carbons (Fsp3) is 1.00. The third kappa shape index (κ3) is 5.31. The highest BCUT2D eigenvalue weighted by Crippen LogP contribution is 2.20. The summed E-state index contributed by atoms with van der Waals surface area (Å²) in [5.41, 5.74) is 0. The maximum Gasteiger partial charge on any atom is 0.0590 e. The lowest BCUT2D eigenvalue weighted by atomic mass is 9.93. The zero-order valence-electron chi connectivity index (χ0n) is 11.3. The number of hydrogen-bond donors (Lipinski definition) is 1. The van der Waals surface area contributed by atoms with Gasteiger partial charge in [0.15, 0.2) is 0 Å². The van der Waals surface area contributed by atoms with Gasteiger partial charge in [-0.25, -0.2) is 0 Å². The van der Waals surface area contributed by atoms with Crippen molar-refractivity contribution in [1.29, 1.82) is 0 Å². The topological polar surface area (TPSA) is 21.3 Å². The van der Waals surface area contributed by atoms with Gasteiger partial charge >= 0.3 is 0 Å². The van der Waals surface area contributed by atoms with Crippen LogP contribution in [0.2, 0.25) is 0 Å². The maximum absolute atomic E-state index is 5.83. The molecule has 0 aliphatic carbocycles. The third-order valence-electron chi connectivity index (χ3n) is 3.70. The number of hydrogen-bond acceptors (Lipinski definition) is 2. The van der Waals surface area contributed by atoms with Crippen molar-refractivity contribution < 1.29 is 4.74 Å². The van der Waals surface area contributed by atoms with Crippen molar-refractivity contribution in [2.24, 2.45) is 5.92 Å². The summed E-state index contributed by atoms with van der Waals surface area (Å²) in [4.78, 5) is 0. The summed E-state index contributed by atoms with van der Waals surface area (Å²) in [6.45, 7) is 8.89. The second-order valence-electron chi connectivity index (χ2n) is 5.23. The van der Waals surface area contributed by atoms with Gasteiger partial charge in [0.25, 0.3) is 0 Å². The van der Waals surface area contributed by atoms with Crippen molar-refractivity contribution in [1.82, 2.24) is 5.32 Å². The predicted octanol–water partition coefficient (Wildman–Crippen LogP) is 3.36. The summed E-state index contributed by atoms with van der Waals surface area (Å²) in [6, 6.07) is 0.656. The van der Waals surface area contributed by atoms with E-state index in [1.807, 2.05) is 0 Å². The average Bonchev–Trinajstić information content (AvgIpc) is 2.30. The van der Waals surface area contributed by atoms with Gasteiger partial charge in [0, 0.05) is 12.6 Å². The Balaban J connectivity index is 2.30. The monoisotopic (exact) mass is 227 g/mol. The highest BCUT2D eigenvalue weighted by Gasteiger charge is 2.20. The number of ether oxygens (including phenoxy) is 1. The minimum Gasteiger partial charge on any atom is -0.378 e. The highest BCUT2D eigenvalue weighted by atomic mass is 16.5. The Morgan fingerprint density at radius 2 is 2.12 bits per heavy atom. The quantitative estimate of drug-likeness (QED) is 0.720. The van der Waals surface area contributed by atoms with Crippen LogP contribution in [0.4, 0.5) is 0 Å². The van der Waals surface area contributed by atoms with Crippen molar-refractivity contribution in [2.75, 3.05) is 13.2 Å². The second-order valence-corrected chi connectivity index (χ2v) is 5.23. The molecular weight excluding hydrogens is 198 g/mol. The van der Waals surface area contributed by atoms with Gasteiger partial charge in [0.1, 0.15) is 0 Å². The molecular formula is C14H29NO. The molecule has 0 aromatic rings. The average molecular weight is 227 g/mol. The summed E-state index contributed by atoms with van der Waals surface area (Å²) in [5.74, 6) is 0.827. The first-order valence-electron chi connectivity index (χ1n) is 7.11. The molecule has 1 saturated heterocycles. The number of rotatable bonds is 7. The smallest absolute Gasteiger partial charge is 0.0590 e. The molecule has 1 aliphatic heterocycles. The first kappa shape index (κ1) is 14.0. The molecule has 0 radical (unpaired) electrons. The first-order chi connectivity index (χ1) is 7.76. The Bertz CT molecular complexity index is 166. The van der Waals surface area contributed by atoms with Crippen LogP contribution in [-0.2, 0) is 4.74 Å². The van der Waals surface area contributed by atoms with E-state index in [2.05, 4.69) is 26.1 Å². The van der Waals surface area contributed by atoms with Crippen LogP contribution < -0.4 is 5.32 Å². The van der Waals surface area contributed by atoms with Crippen molar-refractivity contribution in [3.63, 3.8) is 0 Å². The standard InChI is InChI=1S/C14H29NO/c1-4-12(3)10-13(15-5-2)11-14-8-6-7-9-16-14/h12-15H,4-11H2,1-3H3. The van der Waals surface area contributed by atoms with Gasteiger partial charge in [-0.3, -0.25) is 0 Å². The summed E-state index contributed by atoms with van der Waals surface area (Å²) < 4.78 is 5.83. The molecule has 2 nitrogen and oxygen atoms in total. The van der Waals surface area contributed by atoms with Crippen molar-refractivity contribution >= 4 is 0 Å². The molecule has 0 amide bonds. The zero-order valence-corrected chi connectivity index (χ0v) is 11.3. The fourth-order valence-electron chi connectivity index (χ4n) is 2.51. The molecule has 1 rings (SSSR count). The lowest BCUT2D eigenvalue weighted by molar-refractivity contribution is 0.00394. The van der Waals surface area contributed by atoms with Gasteiger partial charge in [-0.15, -0.1) is 0 Å². The Hall–Kier alpha value is -0.0800. The minimum absolute atomic E-state index is 0.516. The van der Waals surface area contributed by atoms with Crippen LogP contribution in [0.3, 0.4) is 0 Å². The predicted molar refractivity (Wildman–Crippen MR) is 69.7 cm³/mol. The van der Waals surface area contributed by atoms with E-state index in [9.17, 15) is 0 Å². The lowest BCUT2D eigenvalue weighted by Crippen LogP contribution is -2.35. The molecule has 0 bridgehead atoms. The van der Waals surface area contributed by atoms with Crippen molar-refractivity contribution in [2.45, 2.75) is 71.4 Å². The van der Waals surface area contributed by atoms with Crippen LogP contribution in [0.25, 0.3) is 0 Å². The minimum atomic E-state index is 0.516. The summed E-state index contributed by atoms with van der Waals surface area (Å²) >= 11 is 0. The molecule has 0 spiro atoms. The van der Waals surface area contributed by atoms with E-state index in [1.165, 1.54) is 38.5 Å². The van der Waals surface area contributed by atoms with E-state index in [4.69, 9.17) is 4.74 Å². The van der Waals surface area contributed by atoms with Crippen LogP contribution in [0.15, 0.2) is 0 Å². The van der Waals surface area contributed by atoms with Crippen LogP contribution >= 0.6 is 0 Å². The molecule has 16 heavy (non-hydrogen) atoms. The Kier molecular flexibility index (Phi) is 7.06. The van der Waals surface area contributed by atoms with Gasteiger partial charge in [0.2, 0.25) is 0 Å². The lowest BCUT2D eigenvalue weighted by Gasteiger charge is -2.28.